The van der Waals surface area contributed by atoms with Crippen LogP contribution in [0.3, 0.4) is 0 Å². The minimum atomic E-state index is 0. The minimum Gasteiger partial charge on any atom is -0.524 e. The van der Waals surface area contributed by atoms with E-state index in [0.717, 1.165) is 5.56 Å². The predicted octanol–water partition coefficient (Wildman–Crippen LogP) is 0.380. The van der Waals surface area contributed by atoms with Crippen molar-refractivity contribution < 1.29 is 42.1 Å². The van der Waals surface area contributed by atoms with Gasteiger partial charge in [-0.2, -0.15) is 6.33 Å². The molecule has 0 fully saturated rings. The van der Waals surface area contributed by atoms with Gasteiger partial charge in [-0.15, -0.1) is 0 Å². The van der Waals surface area contributed by atoms with Crippen LogP contribution >= 0.6 is 0 Å². The van der Waals surface area contributed by atoms with Gasteiger partial charge >= 0.3 is 0 Å². The third-order valence-corrected chi connectivity index (χ3v) is 0.598. The Morgan fingerprint density at radius 1 is 1.44 bits per heavy atom. The largest absolute Gasteiger partial charge is 0.524 e. The van der Waals surface area contributed by atoms with Gasteiger partial charge in [0.25, 0.3) is 0 Å². The molecule has 0 aliphatic rings. The van der Waals surface area contributed by atoms with Gasteiger partial charge in [0.2, 0.25) is 0 Å². The molecule has 48 valence electrons. The van der Waals surface area contributed by atoms with E-state index in [9.17, 15) is 0 Å². The molecule has 0 saturated carbocycles. The molecule has 0 aliphatic carbocycles. The van der Waals surface area contributed by atoms with Gasteiger partial charge in [0.1, 0.15) is 0 Å². The molecule has 0 N–H and O–H groups in total. The molecular weight excluding hydrogens is 456 g/mol. The van der Waals surface area contributed by atoms with E-state index in [-0.39, 0.29) is 42.1 Å². The number of hydrogen-bond acceptors (Lipinski definition) is 2. The summed E-state index contributed by atoms with van der Waals surface area (Å²) in [6.07, 6.45) is 6.70. The Kier molecular flexibility index (Phi) is 8.89. The first-order valence-electron chi connectivity index (χ1n) is 1.97. The van der Waals surface area contributed by atoms with Crippen molar-refractivity contribution in [3.63, 3.8) is 0 Å². The van der Waals surface area contributed by atoms with Crippen LogP contribution in [-0.2, 0) is 42.1 Å². The number of nitrogens with zero attached hydrogens (tertiary/aromatic N) is 2. The summed E-state index contributed by atoms with van der Waals surface area (Å²) in [5.41, 5.74) is 0.943. The van der Waals surface area contributed by atoms with Crippen molar-refractivity contribution in [2.45, 2.75) is 6.92 Å². The molecule has 0 radical (unpaired) electrons. The maximum atomic E-state index is 3.62. The SMILES string of the molecule is Cc1[c-]n[c-]nc1.[W].[W]. The molecule has 0 aromatic carbocycles. The van der Waals surface area contributed by atoms with Crippen LogP contribution in [0.25, 0.3) is 0 Å². The smallest absolute Gasteiger partial charge is 0 e. The van der Waals surface area contributed by atoms with Crippen LogP contribution in [0.5, 0.6) is 0 Å². The first-order chi connectivity index (χ1) is 3.39. The second-order valence-corrected chi connectivity index (χ2v) is 1.26. The maximum Gasteiger partial charge on any atom is 0 e. The normalized spacial score (nSPS) is 6.78. The Bertz CT molecular complexity index is 143. The summed E-state index contributed by atoms with van der Waals surface area (Å²) >= 11 is 0. The summed E-state index contributed by atoms with van der Waals surface area (Å²) in [5, 5.41) is 0. The summed E-state index contributed by atoms with van der Waals surface area (Å²) in [6, 6.07) is 0. The Hall–Kier alpha value is 0.457. The van der Waals surface area contributed by atoms with Gasteiger partial charge in [0.15, 0.2) is 0 Å². The minimum absolute atomic E-state index is 0. The van der Waals surface area contributed by atoms with Crippen LogP contribution in [0.2, 0.25) is 0 Å². The molecule has 0 atom stereocenters. The fourth-order valence-corrected chi connectivity index (χ4v) is 0.297. The quantitative estimate of drug-likeness (QED) is 0.524. The molecule has 0 bridgehead atoms. The van der Waals surface area contributed by atoms with E-state index in [1.807, 2.05) is 6.92 Å². The molecule has 0 spiro atoms. The average Bonchev–Trinajstić information content (AvgIpc) is 1.69. The molecule has 0 saturated heterocycles. The molecular formula is C5H4N2W2-2. The molecule has 4 heteroatoms. The zero-order valence-corrected chi connectivity index (χ0v) is 10.7. The van der Waals surface area contributed by atoms with Crippen LogP contribution in [0, 0.1) is 19.4 Å². The van der Waals surface area contributed by atoms with Crippen LogP contribution in [0.15, 0.2) is 6.20 Å². The van der Waals surface area contributed by atoms with Gasteiger partial charge in [0, 0.05) is 42.1 Å². The predicted molar refractivity (Wildman–Crippen MR) is 24.4 cm³/mol. The zero-order chi connectivity index (χ0) is 5.11. The maximum absolute atomic E-state index is 3.62. The fourth-order valence-electron chi connectivity index (χ4n) is 0.297. The molecule has 1 rings (SSSR count). The van der Waals surface area contributed by atoms with Crippen molar-refractivity contribution in [1.82, 2.24) is 9.97 Å². The van der Waals surface area contributed by atoms with E-state index in [1.165, 1.54) is 0 Å². The monoisotopic (exact) mass is 460 g/mol. The van der Waals surface area contributed by atoms with Crippen LogP contribution in [0.1, 0.15) is 5.56 Å². The Morgan fingerprint density at radius 3 is 2.33 bits per heavy atom. The molecule has 0 amide bonds. The standard InChI is InChI=1S/C5H4N2.2W/c1-5-2-6-4-7-3-5;;/h2H,1H3;;/q-2;;. The van der Waals surface area contributed by atoms with Crippen molar-refractivity contribution in [1.29, 1.82) is 0 Å². The van der Waals surface area contributed by atoms with Crippen LogP contribution in [-0.4, -0.2) is 9.97 Å². The van der Waals surface area contributed by atoms with E-state index in [2.05, 4.69) is 22.5 Å². The van der Waals surface area contributed by atoms with E-state index in [0.29, 0.717) is 0 Å². The summed E-state index contributed by atoms with van der Waals surface area (Å²) in [6.45, 7) is 1.88. The first kappa shape index (κ1) is 12.2. The van der Waals surface area contributed by atoms with Gasteiger partial charge in [-0.25, -0.2) is 6.20 Å². The summed E-state index contributed by atoms with van der Waals surface area (Å²) in [4.78, 5) is 7.14. The van der Waals surface area contributed by atoms with Gasteiger partial charge in [-0.3, -0.25) is 11.8 Å². The van der Waals surface area contributed by atoms with Crippen molar-refractivity contribution in [2.75, 3.05) is 0 Å². The third kappa shape index (κ3) is 4.93. The number of hydrogen-bond donors (Lipinski definition) is 0. The van der Waals surface area contributed by atoms with Crippen molar-refractivity contribution in [2.24, 2.45) is 0 Å². The van der Waals surface area contributed by atoms with E-state index >= 15 is 0 Å². The number of aromatic nitrogens is 2. The zero-order valence-electron chi connectivity index (χ0n) is 4.79. The number of aryl methyl sites for hydroxylation is 1. The van der Waals surface area contributed by atoms with Gasteiger partial charge in [0.05, 0.1) is 0 Å². The Morgan fingerprint density at radius 2 is 2.11 bits per heavy atom. The molecule has 0 unspecified atom stereocenters. The molecule has 1 aromatic heterocycles. The number of rotatable bonds is 0. The summed E-state index contributed by atoms with van der Waals surface area (Å²) in [5.74, 6) is 0. The van der Waals surface area contributed by atoms with Crippen LogP contribution in [0.4, 0.5) is 0 Å². The van der Waals surface area contributed by atoms with Gasteiger partial charge < -0.3 is 9.97 Å². The molecule has 1 aromatic rings. The van der Waals surface area contributed by atoms with Gasteiger partial charge in [-0.1, -0.05) is 6.92 Å². The topological polar surface area (TPSA) is 25.8 Å². The van der Waals surface area contributed by atoms with Crippen molar-refractivity contribution >= 4 is 0 Å². The van der Waals surface area contributed by atoms with Crippen molar-refractivity contribution in [3.8, 4) is 0 Å². The van der Waals surface area contributed by atoms with Crippen molar-refractivity contribution in [3.05, 3.63) is 24.3 Å². The molecule has 1 heterocycles. The molecule has 9 heavy (non-hydrogen) atoms. The Balaban J connectivity index is 0. The molecule has 0 aliphatic heterocycles. The average molecular weight is 460 g/mol. The third-order valence-electron chi connectivity index (χ3n) is 0.598. The fraction of sp³-hybridized carbons (Fsp3) is 0.200. The summed E-state index contributed by atoms with van der Waals surface area (Å²) < 4.78 is 0. The van der Waals surface area contributed by atoms with Crippen LogP contribution < -0.4 is 0 Å². The van der Waals surface area contributed by atoms with E-state index < -0.39 is 0 Å². The first-order valence-corrected chi connectivity index (χ1v) is 1.97. The second-order valence-electron chi connectivity index (χ2n) is 1.26. The van der Waals surface area contributed by atoms with E-state index in [1.54, 1.807) is 6.20 Å². The Labute approximate surface area is 83.0 Å². The summed E-state index contributed by atoms with van der Waals surface area (Å²) in [7, 11) is 0. The van der Waals surface area contributed by atoms with E-state index in [4.69, 9.17) is 0 Å². The van der Waals surface area contributed by atoms with Gasteiger partial charge in [-0.05, 0) is 0 Å². The molecule has 2 nitrogen and oxygen atoms in total. The second kappa shape index (κ2) is 6.57.